The van der Waals surface area contributed by atoms with E-state index in [0.717, 1.165) is 55.6 Å². The number of aromatic nitrogens is 2. The van der Waals surface area contributed by atoms with Crippen molar-refractivity contribution in [3.8, 4) is 11.5 Å². The molecule has 6 heteroatoms. The van der Waals surface area contributed by atoms with E-state index in [2.05, 4.69) is 38.8 Å². The highest BCUT2D eigenvalue weighted by Crippen LogP contribution is 2.30. The van der Waals surface area contributed by atoms with Crippen LogP contribution in [0.4, 0.5) is 0 Å². The molecule has 0 aliphatic carbocycles. The lowest BCUT2D eigenvalue weighted by atomic mass is 10.1. The predicted molar refractivity (Wildman–Crippen MR) is 96.8 cm³/mol. The van der Waals surface area contributed by atoms with Crippen molar-refractivity contribution >= 4 is 0 Å². The van der Waals surface area contributed by atoms with Gasteiger partial charge in [-0.15, -0.1) is 0 Å². The lowest BCUT2D eigenvalue weighted by Crippen LogP contribution is -2.46. The van der Waals surface area contributed by atoms with Crippen molar-refractivity contribution in [2.75, 3.05) is 40.4 Å². The standard InChI is InChI=1S/C19H26N4O2/c1-15(16-6-4-5-8-20-16)23-12-10-22(11-13-23)14-17-19(25-3)18(24-2)7-9-21-17/h4-9,15H,10-14H2,1-3H3/t15-/m1/s1. The predicted octanol–water partition coefficient (Wildman–Crippen LogP) is 2.37. The van der Waals surface area contributed by atoms with E-state index in [4.69, 9.17) is 9.47 Å². The van der Waals surface area contributed by atoms with Crippen LogP contribution in [0, 0.1) is 0 Å². The van der Waals surface area contributed by atoms with Crippen molar-refractivity contribution in [1.29, 1.82) is 0 Å². The van der Waals surface area contributed by atoms with Gasteiger partial charge < -0.3 is 9.47 Å². The van der Waals surface area contributed by atoms with Gasteiger partial charge in [0.05, 0.1) is 19.9 Å². The zero-order chi connectivity index (χ0) is 17.6. The van der Waals surface area contributed by atoms with Crippen molar-refractivity contribution in [2.24, 2.45) is 0 Å². The van der Waals surface area contributed by atoms with E-state index in [1.165, 1.54) is 0 Å². The summed E-state index contributed by atoms with van der Waals surface area (Å²) in [7, 11) is 3.31. The maximum absolute atomic E-state index is 5.49. The first-order chi connectivity index (χ1) is 12.2. The van der Waals surface area contributed by atoms with Gasteiger partial charge in [0.15, 0.2) is 11.5 Å². The number of hydrogen-bond acceptors (Lipinski definition) is 6. The molecule has 0 spiro atoms. The van der Waals surface area contributed by atoms with Crippen LogP contribution in [-0.2, 0) is 6.54 Å². The van der Waals surface area contributed by atoms with Crippen LogP contribution >= 0.6 is 0 Å². The molecule has 0 unspecified atom stereocenters. The highest BCUT2D eigenvalue weighted by Gasteiger charge is 2.24. The van der Waals surface area contributed by atoms with E-state index < -0.39 is 0 Å². The fraction of sp³-hybridized carbons (Fsp3) is 0.474. The van der Waals surface area contributed by atoms with Gasteiger partial charge in [-0.1, -0.05) is 6.07 Å². The molecule has 1 aliphatic rings. The second kappa shape index (κ2) is 8.27. The molecule has 25 heavy (non-hydrogen) atoms. The van der Waals surface area contributed by atoms with E-state index in [1.807, 2.05) is 18.3 Å². The van der Waals surface area contributed by atoms with E-state index in [0.29, 0.717) is 6.04 Å². The molecule has 134 valence electrons. The van der Waals surface area contributed by atoms with Gasteiger partial charge in [-0.3, -0.25) is 19.8 Å². The van der Waals surface area contributed by atoms with Crippen molar-refractivity contribution in [1.82, 2.24) is 19.8 Å². The van der Waals surface area contributed by atoms with Crippen LogP contribution in [-0.4, -0.2) is 60.2 Å². The second-order valence-electron chi connectivity index (χ2n) is 6.24. The molecule has 0 bridgehead atoms. The maximum Gasteiger partial charge on any atom is 0.183 e. The molecule has 1 fully saturated rings. The van der Waals surface area contributed by atoms with E-state index >= 15 is 0 Å². The minimum Gasteiger partial charge on any atom is -0.493 e. The van der Waals surface area contributed by atoms with Gasteiger partial charge in [0.25, 0.3) is 0 Å². The average Bonchev–Trinajstić information content (AvgIpc) is 2.68. The van der Waals surface area contributed by atoms with Gasteiger partial charge in [-0.2, -0.15) is 0 Å². The second-order valence-corrected chi connectivity index (χ2v) is 6.24. The molecule has 2 aromatic heterocycles. The van der Waals surface area contributed by atoms with Crippen molar-refractivity contribution in [3.05, 3.63) is 48.0 Å². The molecule has 6 nitrogen and oxygen atoms in total. The summed E-state index contributed by atoms with van der Waals surface area (Å²) < 4.78 is 10.9. The Morgan fingerprint density at radius 2 is 1.80 bits per heavy atom. The summed E-state index contributed by atoms with van der Waals surface area (Å²) >= 11 is 0. The summed E-state index contributed by atoms with van der Waals surface area (Å²) in [5.74, 6) is 1.46. The van der Waals surface area contributed by atoms with Crippen molar-refractivity contribution in [2.45, 2.75) is 19.5 Å². The summed E-state index contributed by atoms with van der Waals surface area (Å²) in [6.07, 6.45) is 3.64. The molecule has 0 radical (unpaired) electrons. The summed E-state index contributed by atoms with van der Waals surface area (Å²) in [6.45, 7) is 7.03. The molecular formula is C19H26N4O2. The van der Waals surface area contributed by atoms with Gasteiger partial charge >= 0.3 is 0 Å². The summed E-state index contributed by atoms with van der Waals surface area (Å²) in [5.41, 5.74) is 2.06. The first-order valence-corrected chi connectivity index (χ1v) is 8.66. The van der Waals surface area contributed by atoms with Crippen LogP contribution in [0.5, 0.6) is 11.5 Å². The third-order valence-corrected chi connectivity index (χ3v) is 4.81. The van der Waals surface area contributed by atoms with Gasteiger partial charge in [-0.25, -0.2) is 0 Å². The van der Waals surface area contributed by atoms with E-state index in [-0.39, 0.29) is 0 Å². The maximum atomic E-state index is 5.49. The molecule has 3 rings (SSSR count). The Labute approximate surface area is 149 Å². The summed E-state index contributed by atoms with van der Waals surface area (Å²) in [6, 6.07) is 8.28. The molecule has 1 saturated heterocycles. The number of hydrogen-bond donors (Lipinski definition) is 0. The number of piperazine rings is 1. The van der Waals surface area contributed by atoms with Gasteiger partial charge in [0, 0.05) is 57.2 Å². The Kier molecular flexibility index (Phi) is 5.83. The van der Waals surface area contributed by atoms with E-state index in [1.54, 1.807) is 20.4 Å². The SMILES string of the molecule is COc1ccnc(CN2CCN([C@H](C)c3ccccn3)CC2)c1OC. The first kappa shape index (κ1) is 17.6. The average molecular weight is 342 g/mol. The molecule has 0 aromatic carbocycles. The molecule has 0 amide bonds. The van der Waals surface area contributed by atoms with Crippen molar-refractivity contribution in [3.63, 3.8) is 0 Å². The molecule has 3 heterocycles. The zero-order valence-corrected chi connectivity index (χ0v) is 15.2. The van der Waals surface area contributed by atoms with Crippen molar-refractivity contribution < 1.29 is 9.47 Å². The molecule has 1 atom stereocenters. The topological polar surface area (TPSA) is 50.7 Å². The number of nitrogens with zero attached hydrogens (tertiary/aromatic N) is 4. The highest BCUT2D eigenvalue weighted by molar-refractivity contribution is 5.42. The Morgan fingerprint density at radius 3 is 2.44 bits per heavy atom. The monoisotopic (exact) mass is 342 g/mol. The fourth-order valence-corrected chi connectivity index (χ4v) is 3.29. The zero-order valence-electron chi connectivity index (χ0n) is 15.2. The van der Waals surface area contributed by atoms with Gasteiger partial charge in [0.2, 0.25) is 0 Å². The van der Waals surface area contributed by atoms with Crippen LogP contribution < -0.4 is 9.47 Å². The lowest BCUT2D eigenvalue weighted by Gasteiger charge is -2.37. The largest absolute Gasteiger partial charge is 0.493 e. The molecule has 0 saturated carbocycles. The highest BCUT2D eigenvalue weighted by atomic mass is 16.5. The molecular weight excluding hydrogens is 316 g/mol. The number of pyridine rings is 2. The third kappa shape index (κ3) is 4.08. The normalized spacial score (nSPS) is 17.2. The Morgan fingerprint density at radius 1 is 1.00 bits per heavy atom. The molecule has 2 aromatic rings. The van der Waals surface area contributed by atoms with Gasteiger partial charge in [-0.05, 0) is 19.1 Å². The number of rotatable bonds is 6. The van der Waals surface area contributed by atoms with Crippen LogP contribution in [0.25, 0.3) is 0 Å². The minimum atomic E-state index is 0.341. The quantitative estimate of drug-likeness (QED) is 0.803. The number of methoxy groups -OCH3 is 2. The van der Waals surface area contributed by atoms with E-state index in [9.17, 15) is 0 Å². The minimum absolute atomic E-state index is 0.341. The lowest BCUT2D eigenvalue weighted by molar-refractivity contribution is 0.0949. The smallest absolute Gasteiger partial charge is 0.183 e. The third-order valence-electron chi connectivity index (χ3n) is 4.81. The van der Waals surface area contributed by atoms with Gasteiger partial charge in [0.1, 0.15) is 5.69 Å². The molecule has 0 N–H and O–H groups in total. The molecule has 1 aliphatic heterocycles. The summed E-state index contributed by atoms with van der Waals surface area (Å²) in [4.78, 5) is 13.9. The van der Waals surface area contributed by atoms with Crippen LogP contribution in [0.15, 0.2) is 36.7 Å². The van der Waals surface area contributed by atoms with Crippen LogP contribution in [0.2, 0.25) is 0 Å². The summed E-state index contributed by atoms with van der Waals surface area (Å²) in [5, 5.41) is 0. The first-order valence-electron chi connectivity index (χ1n) is 8.66. The van der Waals surface area contributed by atoms with Crippen LogP contribution in [0.3, 0.4) is 0 Å². The fourth-order valence-electron chi connectivity index (χ4n) is 3.29. The number of ether oxygens (including phenoxy) is 2. The van der Waals surface area contributed by atoms with Crippen LogP contribution in [0.1, 0.15) is 24.4 Å². The Hall–Kier alpha value is -2.18. The Balaban J connectivity index is 1.60. The Bertz CT molecular complexity index is 672.